The average molecular weight is 546 g/mol. The predicted octanol–water partition coefficient (Wildman–Crippen LogP) is 2.45. The molecule has 0 atom stereocenters. The number of allylic oxidation sites excluding steroid dienone is 3. The van der Waals surface area contributed by atoms with Gasteiger partial charge in [-0.2, -0.15) is 10.1 Å². The molecule has 1 amide bonds. The first-order chi connectivity index (χ1) is 19.4. The van der Waals surface area contributed by atoms with Crippen molar-refractivity contribution in [3.8, 4) is 5.75 Å². The highest BCUT2D eigenvalue weighted by molar-refractivity contribution is 5.99. The Labute approximate surface area is 232 Å². The van der Waals surface area contributed by atoms with Crippen LogP contribution in [0.2, 0.25) is 0 Å². The van der Waals surface area contributed by atoms with Crippen molar-refractivity contribution >= 4 is 40.6 Å². The summed E-state index contributed by atoms with van der Waals surface area (Å²) in [6, 6.07) is 5.92. The number of hydrogen-bond acceptors (Lipinski definition) is 9. The molecule has 1 aromatic carbocycles. The molecule has 3 N–H and O–H groups in total. The van der Waals surface area contributed by atoms with Crippen molar-refractivity contribution in [3.63, 3.8) is 0 Å². The second kappa shape index (κ2) is 11.3. The third-order valence-electron chi connectivity index (χ3n) is 7.22. The van der Waals surface area contributed by atoms with Gasteiger partial charge in [0.25, 0.3) is 5.56 Å². The van der Waals surface area contributed by atoms with Gasteiger partial charge in [0.2, 0.25) is 12.4 Å². The average Bonchev–Trinajstić information content (AvgIpc) is 3.52. The zero-order chi connectivity index (χ0) is 28.3. The van der Waals surface area contributed by atoms with E-state index in [1.165, 1.54) is 17.3 Å². The molecule has 0 bridgehead atoms. The predicted molar refractivity (Wildman–Crippen MR) is 156 cm³/mol. The second-order valence-corrected chi connectivity index (χ2v) is 10.5. The maximum Gasteiger partial charge on any atom is 0.278 e. The van der Waals surface area contributed by atoms with Crippen LogP contribution >= 0.6 is 0 Å². The molecule has 12 nitrogen and oxygen atoms in total. The number of aromatic nitrogens is 4. The summed E-state index contributed by atoms with van der Waals surface area (Å²) in [6.45, 7) is 12.2. The van der Waals surface area contributed by atoms with Crippen molar-refractivity contribution in [3.05, 3.63) is 59.6 Å². The molecule has 5 rings (SSSR count). The fourth-order valence-corrected chi connectivity index (χ4v) is 5.28. The maximum atomic E-state index is 13.2. The summed E-state index contributed by atoms with van der Waals surface area (Å²) < 4.78 is 8.73. The Bertz CT molecular complexity index is 1520. The van der Waals surface area contributed by atoms with Crippen molar-refractivity contribution < 1.29 is 9.53 Å². The molecule has 4 heterocycles. The van der Waals surface area contributed by atoms with Crippen LogP contribution in [0.4, 0.5) is 17.3 Å². The summed E-state index contributed by atoms with van der Waals surface area (Å²) in [7, 11) is 1.66. The zero-order valence-corrected chi connectivity index (χ0v) is 23.1. The van der Waals surface area contributed by atoms with Gasteiger partial charge in [0.05, 0.1) is 19.3 Å². The van der Waals surface area contributed by atoms with Crippen LogP contribution in [0.5, 0.6) is 5.75 Å². The second-order valence-electron chi connectivity index (χ2n) is 10.5. The highest BCUT2D eigenvalue weighted by Crippen LogP contribution is 2.43. The molecule has 40 heavy (non-hydrogen) atoms. The molecule has 0 aliphatic carbocycles. The van der Waals surface area contributed by atoms with Crippen molar-refractivity contribution in [2.75, 3.05) is 43.5 Å². The first-order valence-electron chi connectivity index (χ1n) is 13.3. The quantitative estimate of drug-likeness (QED) is 0.116. The molecular formula is C28H35N9O3. The summed E-state index contributed by atoms with van der Waals surface area (Å²) in [5.74, 6) is 1.58. The van der Waals surface area contributed by atoms with Crippen LogP contribution in [0, 0.1) is 11.3 Å². The van der Waals surface area contributed by atoms with Crippen molar-refractivity contribution in [2.45, 2.75) is 26.8 Å². The Morgan fingerprint density at radius 3 is 2.85 bits per heavy atom. The SMILES string of the molecule is C=CCn1c(=O)c2cnc(Nc3ccc(N4CC5(CCNC5)C4)c(OC)c3)nc2n1C(/C=C\C(C)C)=N/NC=O. The fourth-order valence-electron chi connectivity index (χ4n) is 5.28. The van der Waals surface area contributed by atoms with E-state index in [9.17, 15) is 9.59 Å². The Morgan fingerprint density at radius 2 is 2.17 bits per heavy atom. The van der Waals surface area contributed by atoms with Crippen molar-refractivity contribution in [2.24, 2.45) is 16.4 Å². The van der Waals surface area contributed by atoms with Gasteiger partial charge in [-0.1, -0.05) is 26.0 Å². The lowest BCUT2D eigenvalue weighted by molar-refractivity contribution is -0.109. The van der Waals surface area contributed by atoms with E-state index in [-0.39, 0.29) is 18.0 Å². The number of benzene rings is 1. The lowest BCUT2D eigenvalue weighted by atomic mass is 9.79. The normalized spacial score (nSPS) is 16.6. The maximum absolute atomic E-state index is 13.2. The molecule has 210 valence electrons. The highest BCUT2D eigenvalue weighted by Gasteiger charge is 2.45. The van der Waals surface area contributed by atoms with E-state index in [1.54, 1.807) is 23.9 Å². The largest absolute Gasteiger partial charge is 0.495 e. The van der Waals surface area contributed by atoms with Gasteiger partial charge in [0.1, 0.15) is 11.1 Å². The Hall–Kier alpha value is -4.45. The smallest absolute Gasteiger partial charge is 0.278 e. The number of carbonyl (C=O) groups excluding carboxylic acids is 1. The minimum absolute atomic E-state index is 0.208. The van der Waals surface area contributed by atoms with E-state index in [2.05, 4.69) is 42.6 Å². The lowest BCUT2D eigenvalue weighted by Gasteiger charge is -2.49. The van der Waals surface area contributed by atoms with E-state index in [0.29, 0.717) is 34.6 Å². The van der Waals surface area contributed by atoms with Crippen LogP contribution < -0.4 is 31.3 Å². The number of amides is 1. The van der Waals surface area contributed by atoms with Crippen LogP contribution in [-0.2, 0) is 11.3 Å². The number of fused-ring (bicyclic) bond motifs is 1. The van der Waals surface area contributed by atoms with Crippen LogP contribution in [0.15, 0.2) is 59.1 Å². The monoisotopic (exact) mass is 545 g/mol. The number of anilines is 3. The number of ether oxygens (including phenoxy) is 1. The third kappa shape index (κ3) is 5.22. The topological polar surface area (TPSA) is 131 Å². The van der Waals surface area contributed by atoms with Crippen molar-refractivity contribution in [1.29, 1.82) is 0 Å². The molecule has 0 radical (unpaired) electrons. The fraction of sp³-hybridized carbons (Fsp3) is 0.393. The summed E-state index contributed by atoms with van der Waals surface area (Å²) in [6.07, 6.45) is 8.42. The molecule has 3 aromatic rings. The molecule has 1 spiro atoms. The van der Waals surface area contributed by atoms with Crippen LogP contribution in [0.1, 0.15) is 20.3 Å². The molecule has 2 aromatic heterocycles. The molecular weight excluding hydrogens is 510 g/mol. The molecule has 2 aliphatic heterocycles. The van der Waals surface area contributed by atoms with E-state index < -0.39 is 0 Å². The first kappa shape index (κ1) is 27.1. The first-order valence-corrected chi connectivity index (χ1v) is 13.3. The number of hydrogen-bond donors (Lipinski definition) is 3. The number of hydrazone groups is 1. The molecule has 0 unspecified atom stereocenters. The van der Waals surface area contributed by atoms with E-state index in [1.807, 2.05) is 38.1 Å². The van der Waals surface area contributed by atoms with Gasteiger partial charge in [-0.3, -0.25) is 9.59 Å². The van der Waals surface area contributed by atoms with Crippen molar-refractivity contribution in [1.82, 2.24) is 30.1 Å². The van der Waals surface area contributed by atoms with Crippen LogP contribution in [-0.4, -0.2) is 64.9 Å². The summed E-state index contributed by atoms with van der Waals surface area (Å²) in [5.41, 5.74) is 4.54. The summed E-state index contributed by atoms with van der Waals surface area (Å²) in [5, 5.41) is 11.2. The number of carbonyl (C=O) groups is 1. The molecule has 12 heteroatoms. The third-order valence-corrected chi connectivity index (χ3v) is 7.22. The zero-order valence-electron chi connectivity index (χ0n) is 23.1. The highest BCUT2D eigenvalue weighted by atomic mass is 16.5. The summed E-state index contributed by atoms with van der Waals surface area (Å²) >= 11 is 0. The Balaban J connectivity index is 1.48. The van der Waals surface area contributed by atoms with E-state index >= 15 is 0 Å². The van der Waals surface area contributed by atoms with Gasteiger partial charge in [0.15, 0.2) is 11.5 Å². The van der Waals surface area contributed by atoms with Gasteiger partial charge in [-0.15, -0.1) is 6.58 Å². The lowest BCUT2D eigenvalue weighted by Crippen LogP contribution is -2.57. The Kier molecular flexibility index (Phi) is 7.69. The molecule has 2 aliphatic rings. The van der Waals surface area contributed by atoms with Gasteiger partial charge in [-0.05, 0) is 37.1 Å². The molecule has 2 fully saturated rings. The van der Waals surface area contributed by atoms with Crippen LogP contribution in [0.25, 0.3) is 11.0 Å². The van der Waals surface area contributed by atoms with Crippen LogP contribution in [0.3, 0.4) is 0 Å². The van der Waals surface area contributed by atoms with Gasteiger partial charge >= 0.3 is 0 Å². The number of nitrogens with zero attached hydrogens (tertiary/aromatic N) is 6. The van der Waals surface area contributed by atoms with Gasteiger partial charge < -0.3 is 20.3 Å². The summed E-state index contributed by atoms with van der Waals surface area (Å²) in [4.78, 5) is 35.7. The molecule has 2 saturated heterocycles. The van der Waals surface area contributed by atoms with Gasteiger partial charge in [-0.25, -0.2) is 19.8 Å². The minimum Gasteiger partial charge on any atom is -0.495 e. The number of rotatable bonds is 10. The Morgan fingerprint density at radius 1 is 1.35 bits per heavy atom. The minimum atomic E-state index is -0.297. The van der Waals surface area contributed by atoms with E-state index in [4.69, 9.17) is 4.74 Å². The van der Waals surface area contributed by atoms with E-state index in [0.717, 1.165) is 43.3 Å². The standard InChI is InChI=1S/C28H35N9O3/c1-5-12-36-26(39)21-14-30-27(33-25(21)37(36)24(34-31-18-38)9-6-19(2)3)32-20-7-8-22(23(13-20)40-4)35-16-28(17-35)10-11-29-15-28/h5-9,13-14,18-19,29H,1,10-12,15-17H2,2-4H3,(H,31,38)(H,30,32,33)/b9-6-,34-24+. The number of nitrogens with one attached hydrogen (secondary N) is 3. The molecule has 0 saturated carbocycles. The number of methoxy groups -OCH3 is 1. The van der Waals surface area contributed by atoms with Gasteiger partial charge in [0, 0.05) is 43.0 Å².